The minimum Gasteiger partial charge on any atom is -0.461 e. The van der Waals surface area contributed by atoms with Crippen LogP contribution in [0.2, 0.25) is 0 Å². The van der Waals surface area contributed by atoms with Crippen molar-refractivity contribution in [3.8, 4) is 0 Å². The molecule has 2 saturated carbocycles. The first-order chi connectivity index (χ1) is 12.7. The number of fused-ring (bicyclic) bond motifs is 6. The Morgan fingerprint density at radius 2 is 2.15 bits per heavy atom. The normalized spacial score (nSPS) is 53.1. The van der Waals surface area contributed by atoms with Gasteiger partial charge in [-0.05, 0) is 13.3 Å². The molecule has 1 N–H and O–H groups in total. The third-order valence-electron chi connectivity index (χ3n) is 7.58. The minimum atomic E-state index is -0.681. The molecule has 5 fully saturated rings. The van der Waals surface area contributed by atoms with E-state index in [2.05, 4.69) is 6.58 Å². The van der Waals surface area contributed by atoms with E-state index < -0.39 is 41.4 Å². The fourth-order valence-electron chi connectivity index (χ4n) is 5.74. The Hall–Kier alpha value is -1.44. The maximum atomic E-state index is 12.5. The van der Waals surface area contributed by atoms with Gasteiger partial charge in [0.05, 0.1) is 24.5 Å². The Morgan fingerprint density at radius 1 is 1.44 bits per heavy atom. The molecule has 5 rings (SSSR count). The average Bonchev–Trinajstić information content (AvgIpc) is 3.50. The van der Waals surface area contributed by atoms with Gasteiger partial charge in [0.2, 0.25) is 0 Å². The van der Waals surface area contributed by atoms with Gasteiger partial charge in [-0.1, -0.05) is 20.4 Å². The highest BCUT2D eigenvalue weighted by molar-refractivity contribution is 5.91. The fourth-order valence-corrected chi connectivity index (χ4v) is 5.74. The van der Waals surface area contributed by atoms with Crippen molar-refractivity contribution < 1.29 is 33.6 Å². The standard InChI is InChI=1S/C20H26O7/c1-5-8(2)17(22)25-10-6-20(7-24-20)12-13(19(4)16(27-19)14(12)21)15-11(10)9(3)18(23)26-15/h8,10-16,21H,3,5-7H2,1-2,4H3/t8-,10+,11+,12-,13-,14-,15-,16+,19-,20-/m0/s1. The molecule has 3 heterocycles. The summed E-state index contributed by atoms with van der Waals surface area (Å²) in [6.45, 7) is 10.2. The molecule has 0 aromatic rings. The lowest BCUT2D eigenvalue weighted by molar-refractivity contribution is -0.158. The van der Waals surface area contributed by atoms with E-state index in [4.69, 9.17) is 18.9 Å². The van der Waals surface area contributed by atoms with Gasteiger partial charge in [0.15, 0.2) is 0 Å². The molecule has 2 aliphatic carbocycles. The number of rotatable bonds is 3. The largest absolute Gasteiger partial charge is 0.461 e. The Kier molecular flexibility index (Phi) is 3.49. The zero-order valence-corrected chi connectivity index (χ0v) is 15.8. The zero-order chi connectivity index (χ0) is 19.3. The molecule has 10 atom stereocenters. The van der Waals surface area contributed by atoms with Crippen LogP contribution in [0.25, 0.3) is 0 Å². The maximum Gasteiger partial charge on any atom is 0.334 e. The molecule has 7 heteroatoms. The van der Waals surface area contributed by atoms with E-state index in [1.807, 2.05) is 20.8 Å². The first-order valence-electron chi connectivity index (χ1n) is 9.83. The van der Waals surface area contributed by atoms with Crippen molar-refractivity contribution in [2.75, 3.05) is 6.61 Å². The summed E-state index contributed by atoms with van der Waals surface area (Å²) >= 11 is 0. The Labute approximate surface area is 158 Å². The van der Waals surface area contributed by atoms with Crippen LogP contribution < -0.4 is 0 Å². The van der Waals surface area contributed by atoms with Crippen LogP contribution in [0.5, 0.6) is 0 Å². The third-order valence-corrected chi connectivity index (χ3v) is 7.58. The van der Waals surface area contributed by atoms with Gasteiger partial charge in [0, 0.05) is 23.8 Å². The van der Waals surface area contributed by atoms with E-state index in [1.165, 1.54) is 0 Å². The number of aliphatic hydroxyl groups is 1. The van der Waals surface area contributed by atoms with Crippen LogP contribution in [0, 0.1) is 23.7 Å². The van der Waals surface area contributed by atoms with Crippen LogP contribution in [-0.2, 0) is 28.5 Å². The van der Waals surface area contributed by atoms with Gasteiger partial charge in [-0.15, -0.1) is 0 Å². The number of ether oxygens (including phenoxy) is 4. The van der Waals surface area contributed by atoms with E-state index in [1.54, 1.807) is 0 Å². The van der Waals surface area contributed by atoms with Crippen molar-refractivity contribution in [2.24, 2.45) is 23.7 Å². The van der Waals surface area contributed by atoms with Gasteiger partial charge >= 0.3 is 11.9 Å². The van der Waals surface area contributed by atoms with Crippen LogP contribution in [0.3, 0.4) is 0 Å². The van der Waals surface area contributed by atoms with Crippen molar-refractivity contribution in [3.05, 3.63) is 12.2 Å². The molecule has 0 bridgehead atoms. The van der Waals surface area contributed by atoms with Gasteiger partial charge in [0.25, 0.3) is 0 Å². The van der Waals surface area contributed by atoms with Gasteiger partial charge < -0.3 is 24.1 Å². The smallest absolute Gasteiger partial charge is 0.334 e. The molecule has 3 aliphatic heterocycles. The quantitative estimate of drug-likeness (QED) is 0.444. The van der Waals surface area contributed by atoms with Crippen LogP contribution in [0.4, 0.5) is 0 Å². The lowest BCUT2D eigenvalue weighted by Crippen LogP contribution is -2.44. The third kappa shape index (κ3) is 2.19. The van der Waals surface area contributed by atoms with Crippen molar-refractivity contribution in [2.45, 2.75) is 69.2 Å². The Balaban J connectivity index is 1.54. The molecule has 0 aromatic carbocycles. The lowest BCUT2D eigenvalue weighted by Gasteiger charge is -2.33. The van der Waals surface area contributed by atoms with Gasteiger partial charge in [-0.2, -0.15) is 0 Å². The van der Waals surface area contributed by atoms with E-state index in [9.17, 15) is 14.7 Å². The lowest BCUT2D eigenvalue weighted by atomic mass is 9.76. The summed E-state index contributed by atoms with van der Waals surface area (Å²) in [4.78, 5) is 24.9. The van der Waals surface area contributed by atoms with Crippen LogP contribution >= 0.6 is 0 Å². The molecule has 7 nitrogen and oxygen atoms in total. The Bertz CT molecular complexity index is 728. The van der Waals surface area contributed by atoms with Crippen molar-refractivity contribution in [3.63, 3.8) is 0 Å². The molecule has 0 aromatic heterocycles. The second-order valence-electron chi connectivity index (χ2n) is 9.03. The molecule has 3 saturated heterocycles. The van der Waals surface area contributed by atoms with E-state index in [0.717, 1.165) is 0 Å². The van der Waals surface area contributed by atoms with E-state index >= 15 is 0 Å². The number of esters is 2. The molecule has 148 valence electrons. The number of carbonyl (C=O) groups excluding carboxylic acids is 2. The van der Waals surface area contributed by atoms with Crippen LogP contribution in [-0.4, -0.2) is 59.3 Å². The van der Waals surface area contributed by atoms with Crippen LogP contribution in [0.1, 0.15) is 33.6 Å². The van der Waals surface area contributed by atoms with Crippen molar-refractivity contribution in [1.29, 1.82) is 0 Å². The molecular weight excluding hydrogens is 352 g/mol. The van der Waals surface area contributed by atoms with Crippen molar-refractivity contribution >= 4 is 11.9 Å². The molecule has 27 heavy (non-hydrogen) atoms. The molecular formula is C20H26O7. The summed E-state index contributed by atoms with van der Waals surface area (Å²) in [6, 6.07) is 0. The second-order valence-corrected chi connectivity index (χ2v) is 9.03. The molecule has 0 unspecified atom stereocenters. The van der Waals surface area contributed by atoms with Crippen LogP contribution in [0.15, 0.2) is 12.2 Å². The van der Waals surface area contributed by atoms with Gasteiger partial charge in [0.1, 0.15) is 29.5 Å². The summed E-state index contributed by atoms with van der Waals surface area (Å²) < 4.78 is 23.3. The van der Waals surface area contributed by atoms with Gasteiger partial charge in [-0.25, -0.2) is 4.79 Å². The van der Waals surface area contributed by atoms with Crippen molar-refractivity contribution in [1.82, 2.24) is 0 Å². The van der Waals surface area contributed by atoms with Gasteiger partial charge in [-0.3, -0.25) is 4.79 Å². The highest BCUT2D eigenvalue weighted by Gasteiger charge is 2.81. The SMILES string of the molecule is C=C1C(=O)O[C@H]2[C@H]1[C@H](OC(=O)[C@@H](C)CC)C[C@]1(CO1)[C@@H]1[C@H](O)[C@H]3O[C@@]3(C)[C@H]21. The number of carbonyl (C=O) groups is 2. The molecule has 5 aliphatic rings. The summed E-state index contributed by atoms with van der Waals surface area (Å²) in [5.74, 6) is -1.83. The summed E-state index contributed by atoms with van der Waals surface area (Å²) in [6.07, 6.45) is -0.917. The Morgan fingerprint density at radius 3 is 2.78 bits per heavy atom. The predicted octanol–water partition coefficient (Wildman–Crippen LogP) is 0.979. The summed E-state index contributed by atoms with van der Waals surface area (Å²) in [5.41, 5.74) is -0.770. The first kappa shape index (κ1) is 17.6. The predicted molar refractivity (Wildman–Crippen MR) is 91.4 cm³/mol. The maximum absolute atomic E-state index is 12.5. The number of hydrogen-bond donors (Lipinski definition) is 1. The summed E-state index contributed by atoms with van der Waals surface area (Å²) in [5, 5.41) is 10.9. The van der Waals surface area contributed by atoms with E-state index in [-0.39, 0.29) is 29.8 Å². The monoisotopic (exact) mass is 378 g/mol. The molecule has 0 radical (unpaired) electrons. The summed E-state index contributed by atoms with van der Waals surface area (Å²) in [7, 11) is 0. The van der Waals surface area contributed by atoms with E-state index in [0.29, 0.717) is 25.0 Å². The second kappa shape index (κ2) is 5.33. The number of aliphatic hydroxyl groups excluding tert-OH is 1. The topological polar surface area (TPSA) is 97.9 Å². The zero-order valence-electron chi connectivity index (χ0n) is 15.8. The number of epoxide rings is 2. The minimum absolute atomic E-state index is 0.208. The fraction of sp³-hybridized carbons (Fsp3) is 0.800. The highest BCUT2D eigenvalue weighted by Crippen LogP contribution is 2.67. The average molecular weight is 378 g/mol. The highest BCUT2D eigenvalue weighted by atomic mass is 16.6. The molecule has 0 amide bonds. The number of hydrogen-bond acceptors (Lipinski definition) is 7. The molecule has 1 spiro atoms. The first-order valence-corrected chi connectivity index (χ1v) is 9.83.